The van der Waals surface area contributed by atoms with Crippen LogP contribution in [0.3, 0.4) is 0 Å². The fraction of sp³-hybridized carbons (Fsp3) is 0.562. The van der Waals surface area contributed by atoms with Gasteiger partial charge in [-0.15, -0.1) is 0 Å². The predicted octanol–water partition coefficient (Wildman–Crippen LogP) is 1.98. The van der Waals surface area contributed by atoms with Gasteiger partial charge in [0.15, 0.2) is 0 Å². The third-order valence-electron chi connectivity index (χ3n) is 4.39. The maximum Gasteiger partial charge on any atom is 0.325 e. The first kappa shape index (κ1) is 14.9. The molecule has 110 valence electrons. The van der Waals surface area contributed by atoms with E-state index in [4.69, 9.17) is 4.74 Å². The van der Waals surface area contributed by atoms with Crippen LogP contribution in [0.1, 0.15) is 25.8 Å². The van der Waals surface area contributed by atoms with Crippen molar-refractivity contribution in [1.29, 1.82) is 0 Å². The molecule has 0 amide bonds. The average Bonchev–Trinajstić information content (AvgIpc) is 2.79. The van der Waals surface area contributed by atoms with Gasteiger partial charge >= 0.3 is 5.97 Å². The minimum absolute atomic E-state index is 0.208. The second-order valence-corrected chi connectivity index (χ2v) is 5.70. The Morgan fingerprint density at radius 2 is 2.20 bits per heavy atom. The van der Waals surface area contributed by atoms with Crippen LogP contribution in [0.2, 0.25) is 0 Å². The second kappa shape index (κ2) is 5.83. The standard InChI is InChI=1S/C16H24N2O2/c1-12-11-13-7-5-6-8-14(13)18(12)10-9-16(2,17-3)15(19)20-4/h5-8,12,17H,9-11H2,1-4H3. The maximum absolute atomic E-state index is 11.9. The van der Waals surface area contributed by atoms with Gasteiger partial charge in [0.25, 0.3) is 0 Å². The molecule has 0 bridgehead atoms. The minimum atomic E-state index is -0.633. The van der Waals surface area contributed by atoms with E-state index in [9.17, 15) is 4.79 Å². The largest absolute Gasteiger partial charge is 0.468 e. The molecule has 1 aromatic rings. The molecule has 2 unspecified atom stereocenters. The van der Waals surface area contributed by atoms with E-state index in [1.165, 1.54) is 18.4 Å². The van der Waals surface area contributed by atoms with Crippen molar-refractivity contribution in [1.82, 2.24) is 5.32 Å². The van der Waals surface area contributed by atoms with Crippen molar-refractivity contribution < 1.29 is 9.53 Å². The number of nitrogens with one attached hydrogen (secondary N) is 1. The molecule has 1 aromatic carbocycles. The number of para-hydroxylation sites is 1. The normalized spacial score (nSPS) is 20.4. The van der Waals surface area contributed by atoms with E-state index in [-0.39, 0.29) is 5.97 Å². The summed E-state index contributed by atoms with van der Waals surface area (Å²) in [6, 6.07) is 8.98. The molecule has 1 N–H and O–H groups in total. The Morgan fingerprint density at radius 1 is 1.50 bits per heavy atom. The van der Waals surface area contributed by atoms with E-state index in [0.717, 1.165) is 19.4 Å². The van der Waals surface area contributed by atoms with Crippen molar-refractivity contribution >= 4 is 11.7 Å². The molecule has 20 heavy (non-hydrogen) atoms. The highest BCUT2D eigenvalue weighted by Gasteiger charge is 2.34. The summed E-state index contributed by atoms with van der Waals surface area (Å²) in [6.45, 7) is 4.96. The molecular weight excluding hydrogens is 252 g/mol. The van der Waals surface area contributed by atoms with Gasteiger partial charge in [0.1, 0.15) is 5.54 Å². The van der Waals surface area contributed by atoms with Crippen LogP contribution in [0.25, 0.3) is 0 Å². The number of rotatable bonds is 5. The molecule has 0 fully saturated rings. The molecule has 0 saturated heterocycles. The summed E-state index contributed by atoms with van der Waals surface area (Å²) in [5.74, 6) is -0.208. The molecule has 2 atom stereocenters. The number of benzene rings is 1. The Labute approximate surface area is 121 Å². The van der Waals surface area contributed by atoms with E-state index in [0.29, 0.717) is 6.04 Å². The topological polar surface area (TPSA) is 41.6 Å². The molecule has 4 nitrogen and oxygen atoms in total. The van der Waals surface area contributed by atoms with Gasteiger partial charge in [0, 0.05) is 18.3 Å². The van der Waals surface area contributed by atoms with Crippen molar-refractivity contribution in [2.75, 3.05) is 25.6 Å². The molecule has 0 spiro atoms. The summed E-state index contributed by atoms with van der Waals surface area (Å²) >= 11 is 0. The first-order chi connectivity index (χ1) is 9.51. The van der Waals surface area contributed by atoms with E-state index in [2.05, 4.69) is 41.4 Å². The summed E-state index contributed by atoms with van der Waals surface area (Å²) in [5.41, 5.74) is 2.05. The maximum atomic E-state index is 11.9. The van der Waals surface area contributed by atoms with Crippen LogP contribution in [0.5, 0.6) is 0 Å². The number of carbonyl (C=O) groups excluding carboxylic acids is 1. The van der Waals surface area contributed by atoms with Crippen molar-refractivity contribution in [2.24, 2.45) is 0 Å². The summed E-state index contributed by atoms with van der Waals surface area (Å²) < 4.78 is 4.90. The second-order valence-electron chi connectivity index (χ2n) is 5.70. The number of hydrogen-bond acceptors (Lipinski definition) is 4. The SMILES string of the molecule is CNC(C)(CCN1c2ccccc2CC1C)C(=O)OC. The highest BCUT2D eigenvalue weighted by atomic mass is 16.5. The van der Waals surface area contributed by atoms with E-state index in [1.54, 1.807) is 7.05 Å². The first-order valence-corrected chi connectivity index (χ1v) is 7.13. The van der Waals surface area contributed by atoms with Crippen LogP contribution in [0.15, 0.2) is 24.3 Å². The van der Waals surface area contributed by atoms with Gasteiger partial charge in [-0.1, -0.05) is 18.2 Å². The molecule has 0 aromatic heterocycles. The van der Waals surface area contributed by atoms with Crippen LogP contribution in [0.4, 0.5) is 5.69 Å². The number of carbonyl (C=O) groups is 1. The van der Waals surface area contributed by atoms with Crippen LogP contribution in [-0.4, -0.2) is 38.3 Å². The highest BCUT2D eigenvalue weighted by molar-refractivity contribution is 5.80. The number of anilines is 1. The van der Waals surface area contributed by atoms with Crippen LogP contribution in [-0.2, 0) is 16.0 Å². The number of nitrogens with zero attached hydrogens (tertiary/aromatic N) is 1. The number of fused-ring (bicyclic) bond motifs is 1. The van der Waals surface area contributed by atoms with Crippen LogP contribution < -0.4 is 10.2 Å². The number of esters is 1. The lowest BCUT2D eigenvalue weighted by molar-refractivity contribution is -0.147. The predicted molar refractivity (Wildman–Crippen MR) is 81.1 cm³/mol. The van der Waals surface area contributed by atoms with Gasteiger partial charge in [-0.2, -0.15) is 0 Å². The lowest BCUT2D eigenvalue weighted by Crippen LogP contribution is -2.50. The lowest BCUT2D eigenvalue weighted by Gasteiger charge is -2.31. The van der Waals surface area contributed by atoms with Gasteiger partial charge in [0.05, 0.1) is 7.11 Å². The monoisotopic (exact) mass is 276 g/mol. The Bertz CT molecular complexity index is 489. The minimum Gasteiger partial charge on any atom is -0.468 e. The summed E-state index contributed by atoms with van der Waals surface area (Å²) in [5, 5.41) is 3.09. The molecule has 1 aliphatic heterocycles. The molecule has 0 saturated carbocycles. The van der Waals surface area contributed by atoms with Crippen molar-refractivity contribution in [3.63, 3.8) is 0 Å². The van der Waals surface area contributed by atoms with E-state index in [1.807, 2.05) is 6.92 Å². The Kier molecular flexibility index (Phi) is 4.33. The van der Waals surface area contributed by atoms with Crippen molar-refractivity contribution in [3.8, 4) is 0 Å². The van der Waals surface area contributed by atoms with Crippen LogP contribution >= 0.6 is 0 Å². The Morgan fingerprint density at radius 3 is 2.85 bits per heavy atom. The van der Waals surface area contributed by atoms with Gasteiger partial charge in [-0.25, -0.2) is 0 Å². The third kappa shape index (κ3) is 2.66. The Balaban J connectivity index is 2.09. The van der Waals surface area contributed by atoms with Crippen LogP contribution in [0, 0.1) is 0 Å². The molecule has 2 rings (SSSR count). The summed E-state index contributed by atoms with van der Waals surface area (Å²) in [4.78, 5) is 14.3. The zero-order valence-electron chi connectivity index (χ0n) is 12.8. The average molecular weight is 276 g/mol. The van der Waals surface area contributed by atoms with Gasteiger partial charge in [0.2, 0.25) is 0 Å². The zero-order valence-corrected chi connectivity index (χ0v) is 12.8. The van der Waals surface area contributed by atoms with Crippen molar-refractivity contribution in [2.45, 2.75) is 38.3 Å². The first-order valence-electron chi connectivity index (χ1n) is 7.13. The van der Waals surface area contributed by atoms with Gasteiger partial charge < -0.3 is 15.0 Å². The summed E-state index contributed by atoms with van der Waals surface area (Å²) in [7, 11) is 3.24. The summed E-state index contributed by atoms with van der Waals surface area (Å²) in [6.07, 6.45) is 1.79. The number of methoxy groups -OCH3 is 1. The number of ether oxygens (including phenoxy) is 1. The third-order valence-corrected chi connectivity index (χ3v) is 4.39. The number of hydrogen-bond donors (Lipinski definition) is 1. The fourth-order valence-electron chi connectivity index (χ4n) is 2.87. The molecule has 1 heterocycles. The van der Waals surface area contributed by atoms with Gasteiger partial charge in [-0.05, 0) is 45.4 Å². The van der Waals surface area contributed by atoms with Gasteiger partial charge in [-0.3, -0.25) is 4.79 Å². The Hall–Kier alpha value is -1.55. The zero-order chi connectivity index (χ0) is 14.8. The molecular formula is C16H24N2O2. The molecule has 0 aliphatic carbocycles. The fourth-order valence-corrected chi connectivity index (χ4v) is 2.87. The smallest absolute Gasteiger partial charge is 0.325 e. The highest BCUT2D eigenvalue weighted by Crippen LogP contribution is 2.32. The molecule has 0 radical (unpaired) electrons. The molecule has 4 heteroatoms. The molecule has 1 aliphatic rings. The lowest BCUT2D eigenvalue weighted by atomic mass is 9.97. The van der Waals surface area contributed by atoms with Crippen molar-refractivity contribution in [3.05, 3.63) is 29.8 Å². The quantitative estimate of drug-likeness (QED) is 0.835. The van der Waals surface area contributed by atoms with E-state index >= 15 is 0 Å². The number of likely N-dealkylation sites (N-methyl/N-ethyl adjacent to an activating group) is 1. The van der Waals surface area contributed by atoms with E-state index < -0.39 is 5.54 Å².